The Morgan fingerprint density at radius 2 is 1.85 bits per heavy atom. The fourth-order valence-electron chi connectivity index (χ4n) is 4.28. The molecule has 10 nitrogen and oxygen atoms in total. The Balaban J connectivity index is 1.37. The summed E-state index contributed by atoms with van der Waals surface area (Å²) >= 11 is 0. The first kappa shape index (κ1) is 23.5. The Kier molecular flexibility index (Phi) is 8.14. The fourth-order valence-corrected chi connectivity index (χ4v) is 4.28. The highest BCUT2D eigenvalue weighted by atomic mass is 16.5. The molecule has 180 valence electrons. The Morgan fingerprint density at radius 1 is 1.06 bits per heavy atom. The lowest BCUT2D eigenvalue weighted by Gasteiger charge is -2.37. The molecular formula is C23H33N5O5. The van der Waals surface area contributed by atoms with Crippen molar-refractivity contribution in [3.8, 4) is 0 Å². The van der Waals surface area contributed by atoms with E-state index in [1.165, 1.54) is 0 Å². The van der Waals surface area contributed by atoms with Crippen LogP contribution >= 0.6 is 0 Å². The number of morpholine rings is 1. The van der Waals surface area contributed by atoms with E-state index in [9.17, 15) is 14.7 Å². The number of carboxylic acids is 1. The number of amides is 1. The van der Waals surface area contributed by atoms with Gasteiger partial charge in [-0.25, -0.2) is 4.79 Å². The lowest BCUT2D eigenvalue weighted by Crippen LogP contribution is -2.53. The SMILES string of the molecule is O=C(O)c1cccc(NC(=NC[C@@H]2CCCO2)N2CCN(CC(=O)N3CCOCC3)CC2)c1. The summed E-state index contributed by atoms with van der Waals surface area (Å²) in [5, 5.41) is 12.6. The van der Waals surface area contributed by atoms with Gasteiger partial charge in [0.1, 0.15) is 0 Å². The molecule has 0 radical (unpaired) electrons. The van der Waals surface area contributed by atoms with Gasteiger partial charge in [0.15, 0.2) is 5.96 Å². The number of carbonyl (C=O) groups is 2. The third-order valence-electron chi connectivity index (χ3n) is 6.23. The normalized spacial score (nSPS) is 22.4. The van der Waals surface area contributed by atoms with Crippen LogP contribution in [0.3, 0.4) is 0 Å². The molecule has 4 rings (SSSR count). The molecule has 0 aromatic heterocycles. The second-order valence-corrected chi connectivity index (χ2v) is 8.57. The number of ether oxygens (including phenoxy) is 2. The largest absolute Gasteiger partial charge is 0.478 e. The number of hydrogen-bond donors (Lipinski definition) is 2. The number of guanidine groups is 1. The Labute approximate surface area is 194 Å². The summed E-state index contributed by atoms with van der Waals surface area (Å²) in [6, 6.07) is 6.74. The Hall–Kier alpha value is -2.69. The molecule has 1 aromatic carbocycles. The van der Waals surface area contributed by atoms with Crippen LogP contribution in [0, 0.1) is 0 Å². The zero-order valence-corrected chi connectivity index (χ0v) is 18.9. The number of carbonyl (C=O) groups excluding carboxylic acids is 1. The van der Waals surface area contributed by atoms with E-state index < -0.39 is 5.97 Å². The number of nitrogens with one attached hydrogen (secondary N) is 1. The average Bonchev–Trinajstić information content (AvgIpc) is 3.37. The van der Waals surface area contributed by atoms with Gasteiger partial charge in [-0.15, -0.1) is 0 Å². The number of aromatic carboxylic acids is 1. The van der Waals surface area contributed by atoms with Gasteiger partial charge in [0, 0.05) is 51.6 Å². The molecule has 33 heavy (non-hydrogen) atoms. The molecule has 0 spiro atoms. The van der Waals surface area contributed by atoms with Gasteiger partial charge >= 0.3 is 5.97 Å². The Bertz CT molecular complexity index is 843. The van der Waals surface area contributed by atoms with E-state index in [0.29, 0.717) is 51.0 Å². The maximum Gasteiger partial charge on any atom is 0.335 e. The van der Waals surface area contributed by atoms with Gasteiger partial charge in [-0.2, -0.15) is 0 Å². The minimum Gasteiger partial charge on any atom is -0.478 e. The summed E-state index contributed by atoms with van der Waals surface area (Å²) in [6.07, 6.45) is 2.18. The maximum atomic E-state index is 12.6. The molecule has 3 aliphatic heterocycles. The van der Waals surface area contributed by atoms with Crippen LogP contribution in [0.5, 0.6) is 0 Å². The number of anilines is 1. The predicted octanol–water partition coefficient (Wildman–Crippen LogP) is 0.808. The second kappa shape index (κ2) is 11.4. The third-order valence-corrected chi connectivity index (χ3v) is 6.23. The first-order chi connectivity index (χ1) is 16.1. The van der Waals surface area contributed by atoms with Crippen LogP contribution < -0.4 is 5.32 Å². The molecule has 0 unspecified atom stereocenters. The molecule has 2 N–H and O–H groups in total. The van der Waals surface area contributed by atoms with Crippen molar-refractivity contribution in [3.05, 3.63) is 29.8 Å². The molecule has 1 aromatic rings. The van der Waals surface area contributed by atoms with E-state index in [-0.39, 0.29) is 17.6 Å². The van der Waals surface area contributed by atoms with Crippen LogP contribution in [0.15, 0.2) is 29.3 Å². The van der Waals surface area contributed by atoms with E-state index in [4.69, 9.17) is 14.5 Å². The van der Waals surface area contributed by atoms with E-state index in [0.717, 1.165) is 45.6 Å². The van der Waals surface area contributed by atoms with Gasteiger partial charge in [-0.1, -0.05) is 6.07 Å². The van der Waals surface area contributed by atoms with Gasteiger partial charge in [0.25, 0.3) is 0 Å². The van der Waals surface area contributed by atoms with Gasteiger partial charge < -0.3 is 29.7 Å². The molecule has 3 fully saturated rings. The van der Waals surface area contributed by atoms with Crippen LogP contribution in [-0.4, -0.2) is 116 Å². The number of carboxylic acid groups (broad SMARTS) is 1. The van der Waals surface area contributed by atoms with Crippen molar-refractivity contribution in [2.45, 2.75) is 18.9 Å². The molecule has 3 heterocycles. The van der Waals surface area contributed by atoms with E-state index in [1.54, 1.807) is 18.2 Å². The van der Waals surface area contributed by atoms with E-state index >= 15 is 0 Å². The highest BCUT2D eigenvalue weighted by Crippen LogP contribution is 2.15. The molecule has 3 saturated heterocycles. The first-order valence-corrected chi connectivity index (χ1v) is 11.7. The number of rotatable bonds is 6. The number of piperazine rings is 1. The van der Waals surface area contributed by atoms with E-state index in [1.807, 2.05) is 11.0 Å². The molecule has 1 atom stereocenters. The van der Waals surface area contributed by atoms with Crippen molar-refractivity contribution in [2.75, 3.05) is 77.5 Å². The minimum absolute atomic E-state index is 0.125. The lowest BCUT2D eigenvalue weighted by atomic mass is 10.2. The van der Waals surface area contributed by atoms with Gasteiger partial charge in [0.2, 0.25) is 5.91 Å². The summed E-state index contributed by atoms with van der Waals surface area (Å²) < 4.78 is 11.1. The standard InChI is InChI=1S/C23H33N5O5/c29-21(27-10-13-32-14-11-27)17-26-6-8-28(9-7-26)23(24-16-20-5-2-12-33-20)25-19-4-1-3-18(15-19)22(30)31/h1,3-4,15,20H,2,5-14,16-17H2,(H,24,25)(H,30,31)/t20-/m0/s1. The van der Waals surface area contributed by atoms with Crippen molar-refractivity contribution in [1.29, 1.82) is 0 Å². The zero-order valence-electron chi connectivity index (χ0n) is 18.9. The molecule has 0 bridgehead atoms. The van der Waals surface area contributed by atoms with Crippen LogP contribution in [0.25, 0.3) is 0 Å². The zero-order chi connectivity index (χ0) is 23.0. The van der Waals surface area contributed by atoms with Gasteiger partial charge in [-0.05, 0) is 31.0 Å². The van der Waals surface area contributed by atoms with Crippen LogP contribution in [0.4, 0.5) is 5.69 Å². The molecule has 1 amide bonds. The molecule has 0 saturated carbocycles. The molecule has 0 aliphatic carbocycles. The van der Waals surface area contributed by atoms with Crippen molar-refractivity contribution in [1.82, 2.24) is 14.7 Å². The summed E-state index contributed by atoms with van der Waals surface area (Å²) in [5.41, 5.74) is 0.913. The summed E-state index contributed by atoms with van der Waals surface area (Å²) in [7, 11) is 0. The summed E-state index contributed by atoms with van der Waals surface area (Å²) in [4.78, 5) is 35.0. The van der Waals surface area contributed by atoms with Crippen molar-refractivity contribution < 1.29 is 24.2 Å². The smallest absolute Gasteiger partial charge is 0.335 e. The van der Waals surface area contributed by atoms with Crippen molar-refractivity contribution in [2.24, 2.45) is 4.99 Å². The van der Waals surface area contributed by atoms with Crippen LogP contribution in [0.2, 0.25) is 0 Å². The molecule has 3 aliphatic rings. The maximum absolute atomic E-state index is 12.6. The lowest BCUT2D eigenvalue weighted by molar-refractivity contribution is -0.136. The fraction of sp³-hybridized carbons (Fsp3) is 0.609. The van der Waals surface area contributed by atoms with Gasteiger partial charge in [0.05, 0.1) is 38.0 Å². The number of benzene rings is 1. The Morgan fingerprint density at radius 3 is 2.55 bits per heavy atom. The quantitative estimate of drug-likeness (QED) is 0.476. The summed E-state index contributed by atoms with van der Waals surface area (Å²) in [6.45, 7) is 7.28. The molecular weight excluding hydrogens is 426 g/mol. The highest BCUT2D eigenvalue weighted by molar-refractivity contribution is 5.96. The molecule has 10 heteroatoms. The third kappa shape index (κ3) is 6.66. The van der Waals surface area contributed by atoms with E-state index in [2.05, 4.69) is 15.1 Å². The van der Waals surface area contributed by atoms with Crippen molar-refractivity contribution in [3.63, 3.8) is 0 Å². The van der Waals surface area contributed by atoms with Crippen LogP contribution in [-0.2, 0) is 14.3 Å². The first-order valence-electron chi connectivity index (χ1n) is 11.7. The van der Waals surface area contributed by atoms with Crippen molar-refractivity contribution >= 4 is 23.5 Å². The van der Waals surface area contributed by atoms with Gasteiger partial charge in [-0.3, -0.25) is 14.7 Å². The number of hydrogen-bond acceptors (Lipinski definition) is 6. The number of nitrogens with zero attached hydrogens (tertiary/aromatic N) is 4. The highest BCUT2D eigenvalue weighted by Gasteiger charge is 2.25. The average molecular weight is 460 g/mol. The summed E-state index contributed by atoms with van der Waals surface area (Å²) in [5.74, 6) is -0.0927. The monoisotopic (exact) mass is 459 g/mol. The predicted molar refractivity (Wildman–Crippen MR) is 124 cm³/mol. The minimum atomic E-state index is -0.963. The topological polar surface area (TPSA) is 107 Å². The van der Waals surface area contributed by atoms with Crippen LogP contribution in [0.1, 0.15) is 23.2 Å². The second-order valence-electron chi connectivity index (χ2n) is 8.57. The number of aliphatic imine (C=N–C) groups is 1.